The van der Waals surface area contributed by atoms with Crippen LogP contribution in [-0.4, -0.2) is 24.9 Å². The largest absolute Gasteiger partial charge is 0.495 e. The summed E-state index contributed by atoms with van der Waals surface area (Å²) in [5.41, 5.74) is 1.92. The van der Waals surface area contributed by atoms with E-state index in [1.807, 2.05) is 18.2 Å². The van der Waals surface area contributed by atoms with Crippen molar-refractivity contribution in [1.29, 1.82) is 0 Å². The minimum atomic E-state index is 0.0742. The Balaban J connectivity index is 2.72. The second-order valence-corrected chi connectivity index (χ2v) is 5.56. The Hall–Kier alpha value is -1.50. The Morgan fingerprint density at radius 2 is 2.00 bits per heavy atom. The summed E-state index contributed by atoms with van der Waals surface area (Å²) in [6, 6.07) is 5.90. The first-order valence-electron chi connectivity index (χ1n) is 7.45. The Kier molecular flexibility index (Phi) is 7.89. The van der Waals surface area contributed by atoms with E-state index in [1.54, 1.807) is 7.11 Å². The van der Waals surface area contributed by atoms with Crippen LogP contribution in [0.3, 0.4) is 0 Å². The zero-order valence-electron chi connectivity index (χ0n) is 13.5. The maximum atomic E-state index is 8.79. The lowest BCUT2D eigenvalue weighted by Crippen LogP contribution is -2.11. The van der Waals surface area contributed by atoms with Gasteiger partial charge in [-0.05, 0) is 37.0 Å². The maximum Gasteiger partial charge on any atom is 0.134 e. The van der Waals surface area contributed by atoms with Gasteiger partial charge in [-0.25, -0.2) is 0 Å². The van der Waals surface area contributed by atoms with Crippen molar-refractivity contribution in [3.63, 3.8) is 0 Å². The van der Waals surface area contributed by atoms with Crippen LogP contribution in [-0.2, 0) is 11.3 Å². The lowest BCUT2D eigenvalue weighted by atomic mass is 10.1. The molecule has 1 unspecified atom stereocenters. The summed E-state index contributed by atoms with van der Waals surface area (Å²) in [5, 5.41) is 8.79. The summed E-state index contributed by atoms with van der Waals surface area (Å²) >= 11 is 0. The Labute approximate surface area is 128 Å². The monoisotopic (exact) mass is 290 g/mol. The topological polar surface area (TPSA) is 38.7 Å². The first-order valence-corrected chi connectivity index (χ1v) is 7.45. The van der Waals surface area contributed by atoms with Crippen LogP contribution in [0.5, 0.6) is 5.75 Å². The van der Waals surface area contributed by atoms with Crippen molar-refractivity contribution < 1.29 is 14.6 Å². The fraction of sp³-hybridized carbons (Fsp3) is 0.556. The molecule has 3 heteroatoms. The molecule has 1 atom stereocenters. The van der Waals surface area contributed by atoms with Gasteiger partial charge in [0.15, 0.2) is 0 Å². The molecule has 0 radical (unpaired) electrons. The third kappa shape index (κ3) is 6.66. The number of methoxy groups -OCH3 is 1. The van der Waals surface area contributed by atoms with Crippen molar-refractivity contribution in [3.8, 4) is 17.6 Å². The van der Waals surface area contributed by atoms with E-state index in [-0.39, 0.29) is 12.7 Å². The lowest BCUT2D eigenvalue weighted by molar-refractivity contribution is 0.0397. The zero-order valence-corrected chi connectivity index (χ0v) is 13.5. The first kappa shape index (κ1) is 17.6. The number of ether oxygens (including phenoxy) is 2. The summed E-state index contributed by atoms with van der Waals surface area (Å²) in [6.07, 6.45) is 1.77. The quantitative estimate of drug-likeness (QED) is 0.782. The third-order valence-electron chi connectivity index (χ3n) is 3.06. The highest BCUT2D eigenvalue weighted by Crippen LogP contribution is 2.20. The van der Waals surface area contributed by atoms with Gasteiger partial charge < -0.3 is 14.6 Å². The maximum absolute atomic E-state index is 8.79. The molecule has 0 amide bonds. The molecular weight excluding hydrogens is 264 g/mol. The number of hydrogen-bond acceptors (Lipinski definition) is 3. The number of aliphatic hydroxyl groups excluding tert-OH is 1. The summed E-state index contributed by atoms with van der Waals surface area (Å²) in [6.45, 7) is 7.15. The molecule has 0 saturated heterocycles. The van der Waals surface area contributed by atoms with Crippen LogP contribution in [0.25, 0.3) is 0 Å². The molecule has 21 heavy (non-hydrogen) atoms. The standard InChI is InChI=1S/C18H26O3/c1-14(2)11-15(3)21-13-16-8-9-18(20-4)17(12-16)7-5-6-10-19/h8-9,12,14-15,19H,6,10-11,13H2,1-4H3. The highest BCUT2D eigenvalue weighted by molar-refractivity contribution is 5.48. The third-order valence-corrected chi connectivity index (χ3v) is 3.06. The van der Waals surface area contributed by atoms with Crippen molar-refractivity contribution >= 4 is 0 Å². The number of hydrogen-bond donors (Lipinski definition) is 1. The van der Waals surface area contributed by atoms with Crippen molar-refractivity contribution in [2.24, 2.45) is 5.92 Å². The molecule has 0 spiro atoms. The number of rotatable bonds is 7. The van der Waals surface area contributed by atoms with Gasteiger partial charge in [0.05, 0.1) is 32.0 Å². The number of benzene rings is 1. The molecule has 0 aromatic heterocycles. The molecule has 116 valence electrons. The molecule has 1 aromatic carbocycles. The molecule has 0 bridgehead atoms. The predicted molar refractivity (Wildman–Crippen MR) is 85.3 cm³/mol. The predicted octanol–water partition coefficient (Wildman–Crippen LogP) is 3.38. The van der Waals surface area contributed by atoms with Gasteiger partial charge in [0, 0.05) is 6.42 Å². The second kappa shape index (κ2) is 9.44. The fourth-order valence-electron chi connectivity index (χ4n) is 2.13. The van der Waals surface area contributed by atoms with Gasteiger partial charge in [-0.1, -0.05) is 31.8 Å². The summed E-state index contributed by atoms with van der Waals surface area (Å²) in [5.74, 6) is 7.34. The van der Waals surface area contributed by atoms with E-state index < -0.39 is 0 Å². The van der Waals surface area contributed by atoms with Gasteiger partial charge in [0.1, 0.15) is 5.75 Å². The molecule has 0 fully saturated rings. The van der Waals surface area contributed by atoms with Crippen LogP contribution >= 0.6 is 0 Å². The van der Waals surface area contributed by atoms with Crippen LogP contribution in [0, 0.1) is 17.8 Å². The van der Waals surface area contributed by atoms with Crippen molar-refractivity contribution in [2.45, 2.75) is 46.3 Å². The Morgan fingerprint density at radius 1 is 1.24 bits per heavy atom. The molecule has 0 heterocycles. The molecule has 1 rings (SSSR count). The highest BCUT2D eigenvalue weighted by Gasteiger charge is 2.07. The van der Waals surface area contributed by atoms with Gasteiger partial charge in [-0.3, -0.25) is 0 Å². The molecule has 0 saturated carbocycles. The normalized spacial score (nSPS) is 11.9. The molecule has 0 aliphatic carbocycles. The van der Waals surface area contributed by atoms with Crippen LogP contribution in [0.2, 0.25) is 0 Å². The fourth-order valence-corrected chi connectivity index (χ4v) is 2.13. The minimum absolute atomic E-state index is 0.0742. The lowest BCUT2D eigenvalue weighted by Gasteiger charge is -2.15. The van der Waals surface area contributed by atoms with Crippen molar-refractivity contribution in [3.05, 3.63) is 29.3 Å². The van der Waals surface area contributed by atoms with Crippen LogP contribution < -0.4 is 4.74 Å². The van der Waals surface area contributed by atoms with E-state index in [2.05, 4.69) is 32.6 Å². The Morgan fingerprint density at radius 3 is 2.62 bits per heavy atom. The van der Waals surface area contributed by atoms with E-state index in [9.17, 15) is 0 Å². The molecule has 1 aromatic rings. The highest BCUT2D eigenvalue weighted by atomic mass is 16.5. The van der Waals surface area contributed by atoms with E-state index >= 15 is 0 Å². The Bertz CT molecular complexity index is 483. The first-order chi connectivity index (χ1) is 10.1. The van der Waals surface area contributed by atoms with Crippen LogP contribution in [0.1, 0.15) is 44.7 Å². The zero-order chi connectivity index (χ0) is 15.7. The summed E-state index contributed by atoms with van der Waals surface area (Å²) in [7, 11) is 1.63. The van der Waals surface area contributed by atoms with Gasteiger partial charge >= 0.3 is 0 Å². The van der Waals surface area contributed by atoms with Crippen molar-refractivity contribution in [2.75, 3.05) is 13.7 Å². The van der Waals surface area contributed by atoms with Gasteiger partial charge in [-0.2, -0.15) is 0 Å². The van der Waals surface area contributed by atoms with Gasteiger partial charge in [0.25, 0.3) is 0 Å². The molecular formula is C18H26O3. The second-order valence-electron chi connectivity index (χ2n) is 5.56. The van der Waals surface area contributed by atoms with E-state index in [4.69, 9.17) is 14.6 Å². The van der Waals surface area contributed by atoms with Gasteiger partial charge in [0.2, 0.25) is 0 Å². The van der Waals surface area contributed by atoms with Crippen molar-refractivity contribution in [1.82, 2.24) is 0 Å². The van der Waals surface area contributed by atoms with E-state index in [0.29, 0.717) is 18.9 Å². The van der Waals surface area contributed by atoms with Crippen LogP contribution in [0.4, 0.5) is 0 Å². The van der Waals surface area contributed by atoms with Gasteiger partial charge in [-0.15, -0.1) is 0 Å². The summed E-state index contributed by atoms with van der Waals surface area (Å²) < 4.78 is 11.2. The average Bonchev–Trinajstić information content (AvgIpc) is 2.45. The molecule has 1 N–H and O–H groups in total. The SMILES string of the molecule is COc1ccc(COC(C)CC(C)C)cc1C#CCCO. The number of aliphatic hydroxyl groups is 1. The van der Waals surface area contributed by atoms with Crippen LogP contribution in [0.15, 0.2) is 18.2 Å². The van der Waals surface area contributed by atoms with E-state index in [0.717, 1.165) is 23.3 Å². The molecule has 0 aliphatic heterocycles. The minimum Gasteiger partial charge on any atom is -0.495 e. The summed E-state index contributed by atoms with van der Waals surface area (Å²) in [4.78, 5) is 0. The van der Waals surface area contributed by atoms with E-state index in [1.165, 1.54) is 0 Å². The smallest absolute Gasteiger partial charge is 0.134 e. The molecule has 0 aliphatic rings. The average molecular weight is 290 g/mol. The molecule has 3 nitrogen and oxygen atoms in total.